The van der Waals surface area contributed by atoms with Gasteiger partial charge in [0.15, 0.2) is 0 Å². The lowest BCUT2D eigenvalue weighted by Crippen LogP contribution is -2.36. The van der Waals surface area contributed by atoms with Crippen molar-refractivity contribution in [1.29, 1.82) is 0 Å². The van der Waals surface area contributed by atoms with Crippen molar-refractivity contribution in [2.45, 2.75) is 13.3 Å². The van der Waals surface area contributed by atoms with Crippen molar-refractivity contribution in [3.8, 4) is 0 Å². The van der Waals surface area contributed by atoms with Gasteiger partial charge in [-0.15, -0.1) is 0 Å². The standard InChI is InChI=1S/C17H22N4O5/c1-11(22)18-6-7-19-17(25)20-12-4-5-13-14(10-12)16(24)21(15(13)23)8-3-9-26-2/h4-5,10H,3,6-9H2,1-2H3,(H,18,22)(H2,19,20,25). The third-order valence-corrected chi connectivity index (χ3v) is 3.74. The molecule has 9 nitrogen and oxygen atoms in total. The van der Waals surface area contributed by atoms with E-state index in [1.807, 2.05) is 0 Å². The zero-order chi connectivity index (χ0) is 19.1. The molecule has 3 N–H and O–H groups in total. The summed E-state index contributed by atoms with van der Waals surface area (Å²) in [5, 5.41) is 7.73. The summed E-state index contributed by atoms with van der Waals surface area (Å²) in [6, 6.07) is 4.11. The van der Waals surface area contributed by atoms with Gasteiger partial charge in [0.1, 0.15) is 0 Å². The average molecular weight is 362 g/mol. The summed E-state index contributed by atoms with van der Waals surface area (Å²) in [7, 11) is 1.56. The Hall–Kier alpha value is -2.94. The number of benzene rings is 1. The van der Waals surface area contributed by atoms with E-state index in [0.29, 0.717) is 30.8 Å². The number of methoxy groups -OCH3 is 1. The highest BCUT2D eigenvalue weighted by Gasteiger charge is 2.35. The van der Waals surface area contributed by atoms with E-state index in [2.05, 4.69) is 16.0 Å². The Morgan fingerprint density at radius 3 is 2.46 bits per heavy atom. The summed E-state index contributed by atoms with van der Waals surface area (Å²) in [6.45, 7) is 2.71. The molecule has 1 aliphatic rings. The Morgan fingerprint density at radius 1 is 1.08 bits per heavy atom. The molecule has 1 heterocycles. The third-order valence-electron chi connectivity index (χ3n) is 3.74. The minimum Gasteiger partial charge on any atom is -0.385 e. The molecule has 0 aromatic heterocycles. The lowest BCUT2D eigenvalue weighted by molar-refractivity contribution is -0.118. The number of nitrogens with one attached hydrogen (secondary N) is 3. The predicted molar refractivity (Wildman–Crippen MR) is 94.0 cm³/mol. The maximum Gasteiger partial charge on any atom is 0.319 e. The first-order valence-corrected chi connectivity index (χ1v) is 8.22. The highest BCUT2D eigenvalue weighted by Crippen LogP contribution is 2.26. The molecule has 1 aliphatic heterocycles. The zero-order valence-electron chi connectivity index (χ0n) is 14.8. The van der Waals surface area contributed by atoms with Crippen molar-refractivity contribution in [3.63, 3.8) is 0 Å². The summed E-state index contributed by atoms with van der Waals surface area (Å²) in [4.78, 5) is 48.5. The quantitative estimate of drug-likeness (QED) is 0.462. The molecule has 0 fully saturated rings. The molecule has 5 amide bonds. The largest absolute Gasteiger partial charge is 0.385 e. The summed E-state index contributed by atoms with van der Waals surface area (Å²) in [5.41, 5.74) is 0.994. The Kier molecular flexibility index (Phi) is 6.67. The maximum absolute atomic E-state index is 12.4. The van der Waals surface area contributed by atoms with Gasteiger partial charge in [-0.2, -0.15) is 0 Å². The summed E-state index contributed by atoms with van der Waals surface area (Å²) in [6.07, 6.45) is 0.559. The SMILES string of the molecule is COCCCN1C(=O)c2ccc(NC(=O)NCCNC(C)=O)cc2C1=O. The monoisotopic (exact) mass is 362 g/mol. The number of anilines is 1. The number of fused-ring (bicyclic) bond motifs is 1. The van der Waals surface area contributed by atoms with E-state index >= 15 is 0 Å². The Bertz CT molecular complexity index is 719. The number of ether oxygens (including phenoxy) is 1. The molecular formula is C17H22N4O5. The van der Waals surface area contributed by atoms with Crippen molar-refractivity contribution < 1.29 is 23.9 Å². The van der Waals surface area contributed by atoms with Gasteiger partial charge in [0.05, 0.1) is 11.1 Å². The molecule has 26 heavy (non-hydrogen) atoms. The van der Waals surface area contributed by atoms with Gasteiger partial charge >= 0.3 is 6.03 Å². The average Bonchev–Trinajstić information content (AvgIpc) is 2.83. The number of rotatable bonds is 8. The molecular weight excluding hydrogens is 340 g/mol. The third kappa shape index (κ3) is 4.79. The smallest absolute Gasteiger partial charge is 0.319 e. The van der Waals surface area contributed by atoms with Crippen LogP contribution in [0.5, 0.6) is 0 Å². The lowest BCUT2D eigenvalue weighted by atomic mass is 10.1. The number of imide groups is 1. The van der Waals surface area contributed by atoms with Crippen LogP contribution in [0.15, 0.2) is 18.2 Å². The van der Waals surface area contributed by atoms with Crippen LogP contribution in [0.2, 0.25) is 0 Å². The molecule has 0 spiro atoms. The van der Waals surface area contributed by atoms with Crippen LogP contribution in [0.4, 0.5) is 10.5 Å². The highest BCUT2D eigenvalue weighted by atomic mass is 16.5. The maximum atomic E-state index is 12.4. The van der Waals surface area contributed by atoms with Crippen LogP contribution in [0.1, 0.15) is 34.1 Å². The number of carbonyl (C=O) groups excluding carboxylic acids is 4. The molecule has 0 atom stereocenters. The van der Waals surface area contributed by atoms with Crippen LogP contribution in [0.3, 0.4) is 0 Å². The van der Waals surface area contributed by atoms with Crippen LogP contribution < -0.4 is 16.0 Å². The highest BCUT2D eigenvalue weighted by molar-refractivity contribution is 6.21. The number of hydrogen-bond acceptors (Lipinski definition) is 5. The van der Waals surface area contributed by atoms with E-state index in [-0.39, 0.29) is 36.4 Å². The number of hydrogen-bond donors (Lipinski definition) is 3. The Balaban J connectivity index is 1.95. The summed E-state index contributed by atoms with van der Waals surface area (Å²) >= 11 is 0. The van der Waals surface area contributed by atoms with Gasteiger partial charge < -0.3 is 20.7 Å². The fraction of sp³-hybridized carbons (Fsp3) is 0.412. The summed E-state index contributed by atoms with van der Waals surface area (Å²) < 4.78 is 4.94. The van der Waals surface area contributed by atoms with Crippen LogP contribution >= 0.6 is 0 Å². The summed E-state index contributed by atoms with van der Waals surface area (Å²) in [5.74, 6) is -0.896. The molecule has 0 saturated carbocycles. The first kappa shape index (κ1) is 19.4. The minimum absolute atomic E-state index is 0.177. The fourth-order valence-corrected chi connectivity index (χ4v) is 2.53. The number of nitrogens with zero attached hydrogens (tertiary/aromatic N) is 1. The van der Waals surface area contributed by atoms with Crippen molar-refractivity contribution in [3.05, 3.63) is 29.3 Å². The van der Waals surface area contributed by atoms with E-state index in [9.17, 15) is 19.2 Å². The Labute approximate surface area is 151 Å². The lowest BCUT2D eigenvalue weighted by Gasteiger charge is -2.12. The zero-order valence-corrected chi connectivity index (χ0v) is 14.8. The fourth-order valence-electron chi connectivity index (χ4n) is 2.53. The van der Waals surface area contributed by atoms with Crippen molar-refractivity contribution in [2.75, 3.05) is 38.7 Å². The molecule has 140 valence electrons. The second-order valence-corrected chi connectivity index (χ2v) is 5.73. The van der Waals surface area contributed by atoms with Gasteiger partial charge in [-0.3, -0.25) is 19.3 Å². The molecule has 0 unspecified atom stereocenters. The van der Waals surface area contributed by atoms with Crippen molar-refractivity contribution in [2.24, 2.45) is 0 Å². The minimum atomic E-state index is -0.468. The van der Waals surface area contributed by atoms with Gasteiger partial charge in [0.2, 0.25) is 5.91 Å². The van der Waals surface area contributed by atoms with Crippen molar-refractivity contribution >= 4 is 29.4 Å². The second-order valence-electron chi connectivity index (χ2n) is 5.73. The Morgan fingerprint density at radius 2 is 1.77 bits per heavy atom. The number of amides is 5. The molecule has 9 heteroatoms. The van der Waals surface area contributed by atoms with Crippen LogP contribution in [0.25, 0.3) is 0 Å². The van der Waals surface area contributed by atoms with E-state index in [1.165, 1.54) is 24.0 Å². The van der Waals surface area contributed by atoms with Gasteiger partial charge in [-0.1, -0.05) is 0 Å². The topological polar surface area (TPSA) is 117 Å². The van der Waals surface area contributed by atoms with E-state index in [0.717, 1.165) is 0 Å². The number of urea groups is 1. The van der Waals surface area contributed by atoms with Gasteiger partial charge in [-0.05, 0) is 24.6 Å². The molecule has 0 aliphatic carbocycles. The van der Waals surface area contributed by atoms with E-state index < -0.39 is 6.03 Å². The second kappa shape index (κ2) is 8.95. The molecule has 0 saturated heterocycles. The van der Waals surface area contributed by atoms with E-state index in [1.54, 1.807) is 13.2 Å². The van der Waals surface area contributed by atoms with Gasteiger partial charge in [-0.25, -0.2) is 4.79 Å². The van der Waals surface area contributed by atoms with Crippen LogP contribution in [-0.4, -0.2) is 62.0 Å². The number of carbonyl (C=O) groups is 4. The van der Waals surface area contributed by atoms with Crippen LogP contribution in [0, 0.1) is 0 Å². The molecule has 2 rings (SSSR count). The first-order valence-electron chi connectivity index (χ1n) is 8.22. The molecule has 0 radical (unpaired) electrons. The predicted octanol–water partition coefficient (Wildman–Crippen LogP) is 0.577. The van der Waals surface area contributed by atoms with Gasteiger partial charge in [0.25, 0.3) is 11.8 Å². The first-order chi connectivity index (χ1) is 12.4. The molecule has 1 aromatic carbocycles. The van der Waals surface area contributed by atoms with Crippen molar-refractivity contribution in [1.82, 2.24) is 15.5 Å². The van der Waals surface area contributed by atoms with Crippen LogP contribution in [-0.2, 0) is 9.53 Å². The molecule has 0 bridgehead atoms. The van der Waals surface area contributed by atoms with E-state index in [4.69, 9.17) is 4.74 Å². The van der Waals surface area contributed by atoms with Gasteiger partial charge in [0, 0.05) is 46.0 Å². The normalized spacial score (nSPS) is 12.8. The molecule has 1 aromatic rings.